The third-order valence-corrected chi connectivity index (χ3v) is 4.66. The minimum atomic E-state index is -0.552. The number of furan rings is 1. The Morgan fingerprint density at radius 2 is 2.11 bits per heavy atom. The summed E-state index contributed by atoms with van der Waals surface area (Å²) in [5.41, 5.74) is 2.81. The van der Waals surface area contributed by atoms with Crippen molar-refractivity contribution in [2.24, 2.45) is 0 Å². The predicted molar refractivity (Wildman–Crippen MR) is 98.4 cm³/mol. The average Bonchev–Trinajstić information content (AvgIpc) is 3.01. The molecular weight excluding hydrogens is 372 g/mol. The Kier molecular flexibility index (Phi) is 4.68. The first-order valence-corrected chi connectivity index (χ1v) is 8.70. The molecule has 3 aromatic rings. The summed E-state index contributed by atoms with van der Waals surface area (Å²) >= 11 is 6.14. The Bertz CT molecular complexity index is 1020. The second kappa shape index (κ2) is 7.13. The van der Waals surface area contributed by atoms with Gasteiger partial charge in [-0.15, -0.1) is 0 Å². The molecule has 2 heterocycles. The molecule has 7 heteroatoms. The zero-order valence-electron chi connectivity index (χ0n) is 14.8. The smallest absolute Gasteiger partial charge is 0.374 e. The van der Waals surface area contributed by atoms with E-state index in [-0.39, 0.29) is 19.2 Å². The third-order valence-electron chi connectivity index (χ3n) is 4.44. The van der Waals surface area contributed by atoms with Crippen molar-refractivity contribution in [3.63, 3.8) is 0 Å². The number of halogens is 1. The lowest BCUT2D eigenvalue weighted by atomic mass is 10.1. The van der Waals surface area contributed by atoms with Crippen molar-refractivity contribution in [1.82, 2.24) is 0 Å². The first-order valence-electron chi connectivity index (χ1n) is 8.33. The Morgan fingerprint density at radius 3 is 2.93 bits per heavy atom. The largest absolute Gasteiger partial charge is 0.497 e. The van der Waals surface area contributed by atoms with Crippen LogP contribution >= 0.6 is 11.6 Å². The lowest BCUT2D eigenvalue weighted by Crippen LogP contribution is -2.14. The Labute approximate surface area is 160 Å². The van der Waals surface area contributed by atoms with Gasteiger partial charge < -0.3 is 23.4 Å². The van der Waals surface area contributed by atoms with E-state index in [1.165, 1.54) is 0 Å². The molecule has 0 fully saturated rings. The zero-order chi connectivity index (χ0) is 19.0. The van der Waals surface area contributed by atoms with Crippen molar-refractivity contribution in [1.29, 1.82) is 0 Å². The van der Waals surface area contributed by atoms with Crippen LogP contribution in [0.5, 0.6) is 11.5 Å². The van der Waals surface area contributed by atoms with Gasteiger partial charge in [0.1, 0.15) is 23.7 Å². The minimum absolute atomic E-state index is 0.0154. The van der Waals surface area contributed by atoms with Crippen LogP contribution in [0.4, 0.5) is 0 Å². The number of ether oxygens (including phenoxy) is 4. The highest BCUT2D eigenvalue weighted by atomic mass is 35.5. The molecule has 0 bridgehead atoms. The monoisotopic (exact) mass is 388 g/mol. The minimum Gasteiger partial charge on any atom is -0.497 e. The Morgan fingerprint density at radius 1 is 1.26 bits per heavy atom. The molecule has 1 aliphatic rings. The van der Waals surface area contributed by atoms with Gasteiger partial charge in [-0.05, 0) is 37.3 Å². The highest BCUT2D eigenvalue weighted by Crippen LogP contribution is 2.33. The van der Waals surface area contributed by atoms with E-state index >= 15 is 0 Å². The fraction of sp³-hybridized carbons (Fsp3) is 0.250. The van der Waals surface area contributed by atoms with Crippen molar-refractivity contribution in [2.75, 3.05) is 13.9 Å². The molecule has 2 aromatic carbocycles. The van der Waals surface area contributed by atoms with E-state index in [1.54, 1.807) is 31.4 Å². The normalized spacial score (nSPS) is 13.1. The first kappa shape index (κ1) is 17.7. The van der Waals surface area contributed by atoms with Gasteiger partial charge in [0.05, 0.1) is 13.7 Å². The molecule has 0 N–H and O–H groups in total. The van der Waals surface area contributed by atoms with E-state index in [4.69, 9.17) is 35.0 Å². The van der Waals surface area contributed by atoms with Crippen LogP contribution in [0.25, 0.3) is 11.0 Å². The van der Waals surface area contributed by atoms with Crippen LogP contribution in [0.1, 0.15) is 27.2 Å². The molecule has 0 saturated carbocycles. The molecule has 0 amide bonds. The summed E-state index contributed by atoms with van der Waals surface area (Å²) in [6.07, 6.45) is 0. The van der Waals surface area contributed by atoms with E-state index in [0.717, 1.165) is 10.9 Å². The number of methoxy groups -OCH3 is 1. The molecule has 0 radical (unpaired) electrons. The predicted octanol–water partition coefficient (Wildman–Crippen LogP) is 4.63. The molecule has 140 valence electrons. The van der Waals surface area contributed by atoms with Gasteiger partial charge in [0.2, 0.25) is 5.76 Å². The summed E-state index contributed by atoms with van der Waals surface area (Å²) in [5, 5.41) is 1.34. The summed E-state index contributed by atoms with van der Waals surface area (Å²) < 4.78 is 27.1. The average molecular weight is 389 g/mol. The van der Waals surface area contributed by atoms with Crippen LogP contribution in [0, 0.1) is 6.92 Å². The Balaban J connectivity index is 1.58. The number of hydrogen-bond donors (Lipinski definition) is 0. The van der Waals surface area contributed by atoms with Gasteiger partial charge in [-0.2, -0.15) is 0 Å². The van der Waals surface area contributed by atoms with Gasteiger partial charge in [-0.3, -0.25) is 0 Å². The van der Waals surface area contributed by atoms with E-state index in [0.29, 0.717) is 39.8 Å². The van der Waals surface area contributed by atoms with Crippen LogP contribution < -0.4 is 9.47 Å². The molecule has 0 saturated heterocycles. The lowest BCUT2D eigenvalue weighted by Gasteiger charge is -2.21. The summed E-state index contributed by atoms with van der Waals surface area (Å²) in [4.78, 5) is 12.6. The van der Waals surface area contributed by atoms with Crippen LogP contribution in [0.3, 0.4) is 0 Å². The fourth-order valence-corrected chi connectivity index (χ4v) is 3.36. The molecular formula is C20H17ClO6. The zero-order valence-corrected chi connectivity index (χ0v) is 15.6. The molecule has 0 unspecified atom stereocenters. The molecule has 0 aliphatic carbocycles. The van der Waals surface area contributed by atoms with Gasteiger partial charge in [0.25, 0.3) is 0 Å². The molecule has 1 aliphatic heterocycles. The maximum Gasteiger partial charge on any atom is 0.374 e. The molecule has 1 aromatic heterocycles. The van der Waals surface area contributed by atoms with Crippen molar-refractivity contribution in [3.8, 4) is 11.5 Å². The molecule has 6 nitrogen and oxygen atoms in total. The highest BCUT2D eigenvalue weighted by Gasteiger charge is 2.22. The van der Waals surface area contributed by atoms with Gasteiger partial charge in [0, 0.05) is 27.1 Å². The van der Waals surface area contributed by atoms with E-state index in [2.05, 4.69) is 0 Å². The molecule has 0 spiro atoms. The number of aryl methyl sites for hydroxylation is 1. The highest BCUT2D eigenvalue weighted by molar-refractivity contribution is 6.30. The second-order valence-electron chi connectivity index (χ2n) is 6.16. The van der Waals surface area contributed by atoms with Crippen LogP contribution in [-0.4, -0.2) is 19.9 Å². The Hall–Kier alpha value is -2.70. The standard InChI is InChI=1S/C20H17ClO6/c1-11-16-7-15(23-2)3-4-17(16)27-18(11)20(22)25-9-13-6-14(21)5-12-8-24-10-26-19(12)13/h3-7H,8-10H2,1-2H3. The van der Waals surface area contributed by atoms with Gasteiger partial charge in [-0.25, -0.2) is 4.79 Å². The number of carbonyl (C=O) groups excluding carboxylic acids is 1. The van der Waals surface area contributed by atoms with Gasteiger partial charge in [-0.1, -0.05) is 11.6 Å². The van der Waals surface area contributed by atoms with Gasteiger partial charge >= 0.3 is 5.97 Å². The SMILES string of the molecule is COc1ccc2oc(C(=O)OCc3cc(Cl)cc4c3OCOC4)c(C)c2c1. The number of carbonyl (C=O) groups is 1. The van der Waals surface area contributed by atoms with Crippen molar-refractivity contribution in [3.05, 3.63) is 57.8 Å². The maximum absolute atomic E-state index is 12.6. The van der Waals surface area contributed by atoms with E-state index in [1.807, 2.05) is 13.0 Å². The summed E-state index contributed by atoms with van der Waals surface area (Å²) in [5.74, 6) is 0.947. The molecule has 27 heavy (non-hydrogen) atoms. The van der Waals surface area contributed by atoms with Crippen LogP contribution in [-0.2, 0) is 22.7 Å². The lowest BCUT2D eigenvalue weighted by molar-refractivity contribution is -0.0180. The fourth-order valence-electron chi connectivity index (χ4n) is 3.09. The molecule has 0 atom stereocenters. The quantitative estimate of drug-likeness (QED) is 0.607. The van der Waals surface area contributed by atoms with Crippen molar-refractivity contribution >= 4 is 28.5 Å². The number of hydrogen-bond acceptors (Lipinski definition) is 6. The number of esters is 1. The van der Waals surface area contributed by atoms with Crippen LogP contribution in [0.15, 0.2) is 34.7 Å². The third kappa shape index (κ3) is 3.34. The summed E-state index contributed by atoms with van der Waals surface area (Å²) in [6.45, 7) is 2.38. The van der Waals surface area contributed by atoms with Gasteiger partial charge in [0.15, 0.2) is 6.79 Å². The number of benzene rings is 2. The summed E-state index contributed by atoms with van der Waals surface area (Å²) in [6, 6.07) is 8.86. The second-order valence-corrected chi connectivity index (χ2v) is 6.59. The van der Waals surface area contributed by atoms with Crippen molar-refractivity contribution < 1.29 is 28.2 Å². The van der Waals surface area contributed by atoms with E-state index in [9.17, 15) is 4.79 Å². The van der Waals surface area contributed by atoms with Crippen molar-refractivity contribution in [2.45, 2.75) is 20.1 Å². The topological polar surface area (TPSA) is 67.1 Å². The van der Waals surface area contributed by atoms with Crippen LogP contribution in [0.2, 0.25) is 5.02 Å². The van der Waals surface area contributed by atoms with E-state index < -0.39 is 5.97 Å². The number of rotatable bonds is 4. The first-order chi connectivity index (χ1) is 13.1. The maximum atomic E-state index is 12.6. The summed E-state index contributed by atoms with van der Waals surface area (Å²) in [7, 11) is 1.59. The molecule has 4 rings (SSSR count). The number of fused-ring (bicyclic) bond motifs is 2.